The van der Waals surface area contributed by atoms with E-state index in [1.54, 1.807) is 49.1 Å². The molecule has 6 rings (SSSR count). The molecule has 0 unspecified atom stereocenters. The molecule has 1 fully saturated rings. The van der Waals surface area contributed by atoms with Gasteiger partial charge in [-0.25, -0.2) is 15.0 Å². The summed E-state index contributed by atoms with van der Waals surface area (Å²) in [4.78, 5) is 34.1. The highest BCUT2D eigenvalue weighted by Gasteiger charge is 2.26. The van der Waals surface area contributed by atoms with Crippen molar-refractivity contribution < 1.29 is 9.53 Å². The standard InChI is InChI=1S/C28H27ClN8O2/c1-16-12-36(13-17(2)33-16)27-25-24(30-7-8-31-25)22(11-32-27)28(38)35-20-10-23(26-34-18(3)14-37(26)15-20)39-21-6-4-5-19(29)9-21/h4-11,14-17,33H,12-13H2,1-3H3,(H,35,38)/t16-,17+. The minimum Gasteiger partial charge on any atom is -0.453 e. The Labute approximate surface area is 230 Å². The lowest BCUT2D eigenvalue weighted by atomic mass is 10.1. The third kappa shape index (κ3) is 5.08. The van der Waals surface area contributed by atoms with Crippen LogP contribution in [-0.4, -0.2) is 55.4 Å². The molecule has 198 valence electrons. The van der Waals surface area contributed by atoms with E-state index in [2.05, 4.69) is 49.3 Å². The Morgan fingerprint density at radius 1 is 1.08 bits per heavy atom. The van der Waals surface area contributed by atoms with Crippen LogP contribution in [0.4, 0.5) is 11.5 Å². The summed E-state index contributed by atoms with van der Waals surface area (Å²) in [7, 11) is 0. The average Bonchev–Trinajstić information content (AvgIpc) is 3.28. The maximum absolute atomic E-state index is 13.5. The summed E-state index contributed by atoms with van der Waals surface area (Å²) < 4.78 is 7.94. The molecular formula is C28H27ClN8O2. The fourth-order valence-corrected chi connectivity index (χ4v) is 5.21. The summed E-state index contributed by atoms with van der Waals surface area (Å²) in [6.07, 6.45) is 8.43. The topological polar surface area (TPSA) is 110 Å². The van der Waals surface area contributed by atoms with Crippen LogP contribution in [0.1, 0.15) is 29.9 Å². The van der Waals surface area contributed by atoms with Crippen LogP contribution in [-0.2, 0) is 0 Å². The number of piperazine rings is 1. The normalized spacial score (nSPS) is 17.5. The summed E-state index contributed by atoms with van der Waals surface area (Å²) in [6.45, 7) is 7.75. The van der Waals surface area contributed by atoms with Crippen LogP contribution in [0, 0.1) is 6.92 Å². The zero-order valence-corrected chi connectivity index (χ0v) is 22.5. The summed E-state index contributed by atoms with van der Waals surface area (Å²) >= 11 is 6.14. The fraction of sp³-hybridized carbons (Fsp3) is 0.250. The molecular weight excluding hydrogens is 516 g/mol. The van der Waals surface area contributed by atoms with Crippen molar-refractivity contribution in [3.63, 3.8) is 0 Å². The number of benzene rings is 1. The molecule has 2 N–H and O–H groups in total. The molecule has 10 nitrogen and oxygen atoms in total. The predicted molar refractivity (Wildman–Crippen MR) is 151 cm³/mol. The van der Waals surface area contributed by atoms with Gasteiger partial charge in [0.15, 0.2) is 17.2 Å². The highest BCUT2D eigenvalue weighted by Crippen LogP contribution is 2.31. The number of nitrogens with zero attached hydrogens (tertiary/aromatic N) is 6. The molecule has 0 spiro atoms. The van der Waals surface area contributed by atoms with Crippen LogP contribution in [0.5, 0.6) is 11.5 Å². The van der Waals surface area contributed by atoms with Gasteiger partial charge in [0.1, 0.15) is 16.8 Å². The van der Waals surface area contributed by atoms with Crippen molar-refractivity contribution in [2.45, 2.75) is 32.9 Å². The van der Waals surface area contributed by atoms with Gasteiger partial charge in [-0.05, 0) is 39.0 Å². The first-order chi connectivity index (χ1) is 18.8. The van der Waals surface area contributed by atoms with E-state index in [1.807, 2.05) is 23.6 Å². The molecule has 0 bridgehead atoms. The van der Waals surface area contributed by atoms with E-state index in [0.29, 0.717) is 56.5 Å². The van der Waals surface area contributed by atoms with Gasteiger partial charge in [-0.1, -0.05) is 17.7 Å². The number of fused-ring (bicyclic) bond motifs is 2. The zero-order chi connectivity index (χ0) is 27.1. The number of anilines is 2. The van der Waals surface area contributed by atoms with Gasteiger partial charge in [0.25, 0.3) is 5.91 Å². The Bertz CT molecular complexity index is 1690. The van der Waals surface area contributed by atoms with E-state index in [1.165, 1.54) is 0 Å². The van der Waals surface area contributed by atoms with Crippen molar-refractivity contribution >= 4 is 45.7 Å². The molecule has 0 saturated carbocycles. The lowest BCUT2D eigenvalue weighted by Crippen LogP contribution is -2.54. The lowest BCUT2D eigenvalue weighted by Gasteiger charge is -2.37. The van der Waals surface area contributed by atoms with Gasteiger partial charge in [-0.3, -0.25) is 9.78 Å². The predicted octanol–water partition coefficient (Wildman–Crippen LogP) is 4.87. The SMILES string of the molecule is Cc1cn2cc(NC(=O)c3cnc(N4C[C@@H](C)N[C@@H](C)C4)c4nccnc34)cc(Oc3cccc(Cl)c3)c2n1. The van der Waals surface area contributed by atoms with Gasteiger partial charge in [0.05, 0.1) is 16.9 Å². The van der Waals surface area contributed by atoms with Crippen molar-refractivity contribution in [1.82, 2.24) is 29.7 Å². The van der Waals surface area contributed by atoms with Crippen molar-refractivity contribution in [1.29, 1.82) is 0 Å². The number of halogens is 1. The van der Waals surface area contributed by atoms with E-state index >= 15 is 0 Å². The van der Waals surface area contributed by atoms with Crippen molar-refractivity contribution in [3.05, 3.63) is 77.6 Å². The summed E-state index contributed by atoms with van der Waals surface area (Å²) in [6, 6.07) is 9.45. The number of aryl methyl sites for hydroxylation is 1. The molecule has 5 aromatic rings. The van der Waals surface area contributed by atoms with Crippen LogP contribution in [0.15, 0.2) is 61.3 Å². The Hall–Kier alpha value is -4.28. The Kier molecular flexibility index (Phi) is 6.49. The third-order valence-electron chi connectivity index (χ3n) is 6.50. The Balaban J connectivity index is 1.34. The monoisotopic (exact) mass is 542 g/mol. The Morgan fingerprint density at radius 2 is 1.85 bits per heavy atom. The number of pyridine rings is 2. The molecule has 0 aliphatic carbocycles. The minimum atomic E-state index is -0.355. The molecule has 2 atom stereocenters. The van der Waals surface area contributed by atoms with Crippen LogP contribution < -0.4 is 20.3 Å². The number of hydrogen-bond acceptors (Lipinski definition) is 8. The summed E-state index contributed by atoms with van der Waals surface area (Å²) in [5.41, 5.74) is 3.37. The second kappa shape index (κ2) is 10.1. The first kappa shape index (κ1) is 25.0. The van der Waals surface area contributed by atoms with Gasteiger partial charge in [0, 0.05) is 67.2 Å². The van der Waals surface area contributed by atoms with Gasteiger partial charge in [0.2, 0.25) is 0 Å². The van der Waals surface area contributed by atoms with Gasteiger partial charge in [-0.15, -0.1) is 0 Å². The molecule has 0 radical (unpaired) electrons. The highest BCUT2D eigenvalue weighted by molar-refractivity contribution is 6.30. The van der Waals surface area contributed by atoms with Gasteiger partial charge in [-0.2, -0.15) is 0 Å². The van der Waals surface area contributed by atoms with Crippen LogP contribution in [0.2, 0.25) is 5.02 Å². The Morgan fingerprint density at radius 3 is 2.62 bits per heavy atom. The molecule has 1 aromatic carbocycles. The quantitative estimate of drug-likeness (QED) is 0.324. The smallest absolute Gasteiger partial charge is 0.259 e. The second-order valence-electron chi connectivity index (χ2n) is 9.84. The van der Waals surface area contributed by atoms with Crippen LogP contribution >= 0.6 is 11.6 Å². The van der Waals surface area contributed by atoms with Crippen molar-refractivity contribution in [2.75, 3.05) is 23.3 Å². The number of ether oxygens (including phenoxy) is 1. The molecule has 1 amide bonds. The fourth-order valence-electron chi connectivity index (χ4n) is 5.03. The number of hydrogen-bond donors (Lipinski definition) is 2. The van der Waals surface area contributed by atoms with E-state index < -0.39 is 0 Å². The number of amides is 1. The summed E-state index contributed by atoms with van der Waals surface area (Å²) in [5, 5.41) is 7.06. The van der Waals surface area contributed by atoms with E-state index in [4.69, 9.17) is 16.3 Å². The number of rotatable bonds is 5. The maximum Gasteiger partial charge on any atom is 0.259 e. The molecule has 4 aromatic heterocycles. The van der Waals surface area contributed by atoms with Crippen molar-refractivity contribution in [2.24, 2.45) is 0 Å². The van der Waals surface area contributed by atoms with Crippen LogP contribution in [0.25, 0.3) is 16.7 Å². The minimum absolute atomic E-state index is 0.301. The molecule has 1 saturated heterocycles. The summed E-state index contributed by atoms with van der Waals surface area (Å²) in [5.74, 6) is 1.41. The van der Waals surface area contributed by atoms with E-state index in [9.17, 15) is 4.79 Å². The number of imidazole rings is 1. The number of aromatic nitrogens is 5. The maximum atomic E-state index is 13.5. The molecule has 39 heavy (non-hydrogen) atoms. The second-order valence-corrected chi connectivity index (χ2v) is 10.3. The average molecular weight is 543 g/mol. The van der Waals surface area contributed by atoms with Gasteiger partial charge >= 0.3 is 0 Å². The largest absolute Gasteiger partial charge is 0.453 e. The van der Waals surface area contributed by atoms with E-state index in [0.717, 1.165) is 24.6 Å². The molecule has 1 aliphatic heterocycles. The van der Waals surface area contributed by atoms with Gasteiger partial charge < -0.3 is 24.7 Å². The van der Waals surface area contributed by atoms with E-state index in [-0.39, 0.29) is 5.91 Å². The highest BCUT2D eigenvalue weighted by atomic mass is 35.5. The first-order valence-corrected chi connectivity index (χ1v) is 13.1. The zero-order valence-electron chi connectivity index (χ0n) is 21.7. The number of carbonyl (C=O) groups excluding carboxylic acids is 1. The molecule has 11 heteroatoms. The molecule has 1 aliphatic rings. The number of nitrogens with one attached hydrogen (secondary N) is 2. The third-order valence-corrected chi connectivity index (χ3v) is 6.74. The van der Waals surface area contributed by atoms with Crippen LogP contribution in [0.3, 0.4) is 0 Å². The number of carbonyl (C=O) groups is 1. The first-order valence-electron chi connectivity index (χ1n) is 12.7. The lowest BCUT2D eigenvalue weighted by molar-refractivity contribution is 0.102. The molecule has 5 heterocycles. The van der Waals surface area contributed by atoms with Crippen molar-refractivity contribution in [3.8, 4) is 11.5 Å².